The lowest BCUT2D eigenvalue weighted by molar-refractivity contribution is -0.136. The number of hydrogen-bond acceptors (Lipinski definition) is 3. The summed E-state index contributed by atoms with van der Waals surface area (Å²) in [4.78, 5) is 23.5. The molecule has 2 rings (SSSR count). The van der Waals surface area contributed by atoms with E-state index in [1.165, 1.54) is 17.1 Å². The molecule has 2 amide bonds. The molecule has 14 heavy (non-hydrogen) atoms. The molecule has 2 heterocycles. The largest absolute Gasteiger partial charge is 0.370 e. The fourth-order valence-corrected chi connectivity index (χ4v) is 1.64. The number of carbonyl (C=O) groups excluding carboxylic acids is 2. The molecule has 0 N–H and O–H groups in total. The standard InChI is InChI=1S/C10H13NO3/c1-7-8(14-7)3-2-6-11-9(12)4-5-10(11)13/h4-5,7-8H,2-3,6H2,1H3. The molecule has 4 heteroatoms. The van der Waals surface area contributed by atoms with E-state index in [9.17, 15) is 9.59 Å². The summed E-state index contributed by atoms with van der Waals surface area (Å²) in [5.41, 5.74) is 0. The lowest BCUT2D eigenvalue weighted by Gasteiger charge is -2.12. The third kappa shape index (κ3) is 1.85. The van der Waals surface area contributed by atoms with Gasteiger partial charge in [0.15, 0.2) is 0 Å². The summed E-state index contributed by atoms with van der Waals surface area (Å²) in [6, 6.07) is 0. The van der Waals surface area contributed by atoms with Crippen LogP contribution >= 0.6 is 0 Å². The summed E-state index contributed by atoms with van der Waals surface area (Å²) in [7, 11) is 0. The molecule has 4 nitrogen and oxygen atoms in total. The summed E-state index contributed by atoms with van der Waals surface area (Å²) in [5, 5.41) is 0. The molecule has 0 bridgehead atoms. The van der Waals surface area contributed by atoms with Gasteiger partial charge in [-0.2, -0.15) is 0 Å². The molecular weight excluding hydrogens is 182 g/mol. The fraction of sp³-hybridized carbons (Fsp3) is 0.600. The van der Waals surface area contributed by atoms with Crippen LogP contribution in [0.2, 0.25) is 0 Å². The second kappa shape index (κ2) is 3.53. The van der Waals surface area contributed by atoms with Crippen LogP contribution in [0.4, 0.5) is 0 Å². The first-order valence-electron chi connectivity index (χ1n) is 4.87. The van der Waals surface area contributed by atoms with Gasteiger partial charge in [-0.15, -0.1) is 0 Å². The van der Waals surface area contributed by atoms with Gasteiger partial charge in [-0.1, -0.05) is 0 Å². The van der Waals surface area contributed by atoms with Crippen molar-refractivity contribution in [2.24, 2.45) is 0 Å². The molecule has 1 saturated heterocycles. The minimum absolute atomic E-state index is 0.195. The fourth-order valence-electron chi connectivity index (χ4n) is 1.64. The van der Waals surface area contributed by atoms with Crippen LogP contribution in [-0.2, 0) is 14.3 Å². The molecule has 1 fully saturated rings. The molecule has 0 saturated carbocycles. The van der Waals surface area contributed by atoms with Gasteiger partial charge in [0, 0.05) is 18.7 Å². The normalized spacial score (nSPS) is 30.2. The topological polar surface area (TPSA) is 49.9 Å². The van der Waals surface area contributed by atoms with Gasteiger partial charge in [0.2, 0.25) is 0 Å². The van der Waals surface area contributed by atoms with Crippen molar-refractivity contribution in [3.8, 4) is 0 Å². The number of nitrogens with zero attached hydrogens (tertiary/aromatic N) is 1. The SMILES string of the molecule is CC1OC1CCCN1C(=O)C=CC1=O. The maximum atomic E-state index is 11.1. The summed E-state index contributed by atoms with van der Waals surface area (Å²) < 4.78 is 5.23. The molecule has 2 unspecified atom stereocenters. The van der Waals surface area contributed by atoms with Crippen molar-refractivity contribution in [1.82, 2.24) is 4.90 Å². The highest BCUT2D eigenvalue weighted by atomic mass is 16.6. The second-order valence-corrected chi connectivity index (χ2v) is 3.68. The molecule has 0 radical (unpaired) electrons. The Bertz CT molecular complexity index is 280. The van der Waals surface area contributed by atoms with Gasteiger partial charge in [0.1, 0.15) is 0 Å². The molecule has 0 aliphatic carbocycles. The molecule has 2 aliphatic heterocycles. The Morgan fingerprint density at radius 2 is 1.93 bits per heavy atom. The third-order valence-electron chi connectivity index (χ3n) is 2.61. The average Bonchev–Trinajstić information content (AvgIpc) is 2.76. The minimum atomic E-state index is -0.195. The first-order chi connectivity index (χ1) is 6.68. The van der Waals surface area contributed by atoms with E-state index in [1.807, 2.05) is 6.92 Å². The van der Waals surface area contributed by atoms with Crippen molar-refractivity contribution in [2.75, 3.05) is 6.54 Å². The first kappa shape index (κ1) is 9.40. The predicted octanol–water partition coefficient (Wildman–Crippen LogP) is 0.479. The zero-order chi connectivity index (χ0) is 10.1. The molecule has 0 spiro atoms. The van der Waals surface area contributed by atoms with Crippen molar-refractivity contribution >= 4 is 11.8 Å². The highest BCUT2D eigenvalue weighted by Crippen LogP contribution is 2.25. The molecule has 0 aromatic rings. The molecule has 0 aromatic carbocycles. The van der Waals surface area contributed by atoms with Crippen LogP contribution in [0.1, 0.15) is 19.8 Å². The Kier molecular flexibility index (Phi) is 2.37. The number of epoxide rings is 1. The number of carbonyl (C=O) groups is 2. The van der Waals surface area contributed by atoms with Crippen LogP contribution in [0, 0.1) is 0 Å². The van der Waals surface area contributed by atoms with Crippen molar-refractivity contribution in [3.63, 3.8) is 0 Å². The van der Waals surface area contributed by atoms with Gasteiger partial charge in [0.05, 0.1) is 12.2 Å². The van der Waals surface area contributed by atoms with Gasteiger partial charge in [-0.3, -0.25) is 14.5 Å². The number of rotatable bonds is 4. The lowest BCUT2D eigenvalue weighted by atomic mass is 10.2. The van der Waals surface area contributed by atoms with Gasteiger partial charge in [-0.05, 0) is 19.8 Å². The van der Waals surface area contributed by atoms with Gasteiger partial charge < -0.3 is 4.74 Å². The van der Waals surface area contributed by atoms with Gasteiger partial charge in [-0.25, -0.2) is 0 Å². The molecule has 2 aliphatic rings. The van der Waals surface area contributed by atoms with E-state index in [2.05, 4.69) is 0 Å². The van der Waals surface area contributed by atoms with Crippen molar-refractivity contribution in [1.29, 1.82) is 0 Å². The monoisotopic (exact) mass is 195 g/mol. The first-order valence-corrected chi connectivity index (χ1v) is 4.87. The number of ether oxygens (including phenoxy) is 1. The Balaban J connectivity index is 1.70. The summed E-state index contributed by atoms with van der Waals surface area (Å²) in [5.74, 6) is -0.389. The summed E-state index contributed by atoms with van der Waals surface area (Å²) in [6.07, 6.45) is 5.10. The third-order valence-corrected chi connectivity index (χ3v) is 2.61. The van der Waals surface area contributed by atoms with Gasteiger partial charge >= 0.3 is 0 Å². The Morgan fingerprint density at radius 1 is 1.36 bits per heavy atom. The van der Waals surface area contributed by atoms with E-state index in [1.54, 1.807) is 0 Å². The van der Waals surface area contributed by atoms with Crippen LogP contribution in [0.3, 0.4) is 0 Å². The van der Waals surface area contributed by atoms with Crippen LogP contribution in [0.25, 0.3) is 0 Å². The predicted molar refractivity (Wildman–Crippen MR) is 49.4 cm³/mol. The maximum absolute atomic E-state index is 11.1. The van der Waals surface area contributed by atoms with Crippen molar-refractivity contribution < 1.29 is 14.3 Å². The molecule has 0 aromatic heterocycles. The van der Waals surface area contributed by atoms with E-state index in [0.29, 0.717) is 18.8 Å². The maximum Gasteiger partial charge on any atom is 0.253 e. The number of imide groups is 1. The van der Waals surface area contributed by atoms with E-state index >= 15 is 0 Å². The zero-order valence-electron chi connectivity index (χ0n) is 8.10. The minimum Gasteiger partial charge on any atom is -0.370 e. The van der Waals surface area contributed by atoms with Crippen LogP contribution in [-0.4, -0.2) is 35.5 Å². The van der Waals surface area contributed by atoms with E-state index < -0.39 is 0 Å². The Labute approximate surface area is 82.5 Å². The molecule has 76 valence electrons. The molecular formula is C10H13NO3. The average molecular weight is 195 g/mol. The quantitative estimate of drug-likeness (QED) is 0.484. The van der Waals surface area contributed by atoms with Crippen LogP contribution in [0.15, 0.2) is 12.2 Å². The van der Waals surface area contributed by atoms with E-state index in [0.717, 1.165) is 12.8 Å². The Hall–Kier alpha value is -1.16. The van der Waals surface area contributed by atoms with E-state index in [-0.39, 0.29) is 11.8 Å². The lowest BCUT2D eigenvalue weighted by Crippen LogP contribution is -2.31. The van der Waals surface area contributed by atoms with Crippen molar-refractivity contribution in [3.05, 3.63) is 12.2 Å². The van der Waals surface area contributed by atoms with Crippen LogP contribution in [0.5, 0.6) is 0 Å². The molecule has 2 atom stereocenters. The van der Waals surface area contributed by atoms with Crippen molar-refractivity contribution in [2.45, 2.75) is 32.0 Å². The summed E-state index contributed by atoms with van der Waals surface area (Å²) in [6.45, 7) is 2.54. The van der Waals surface area contributed by atoms with E-state index in [4.69, 9.17) is 4.74 Å². The van der Waals surface area contributed by atoms with Crippen LogP contribution < -0.4 is 0 Å². The zero-order valence-corrected chi connectivity index (χ0v) is 8.10. The van der Waals surface area contributed by atoms with Gasteiger partial charge in [0.25, 0.3) is 11.8 Å². The smallest absolute Gasteiger partial charge is 0.253 e. The summed E-state index contributed by atoms with van der Waals surface area (Å²) >= 11 is 0. The second-order valence-electron chi connectivity index (χ2n) is 3.68. The number of amides is 2. The Morgan fingerprint density at radius 3 is 2.43 bits per heavy atom. The highest BCUT2D eigenvalue weighted by molar-refractivity contribution is 6.12. The number of hydrogen-bond donors (Lipinski definition) is 0. The highest BCUT2D eigenvalue weighted by Gasteiger charge is 2.33.